The molecule has 0 aliphatic carbocycles. The summed E-state index contributed by atoms with van der Waals surface area (Å²) in [6.07, 6.45) is 0. The predicted octanol–water partition coefficient (Wildman–Crippen LogP) is -0.0666. The Kier molecular flexibility index (Phi) is 3.81. The fourth-order valence-corrected chi connectivity index (χ4v) is 2.88. The molecule has 1 aliphatic rings. The van der Waals surface area contributed by atoms with Gasteiger partial charge >= 0.3 is 0 Å². The maximum atomic E-state index is 13.1. The van der Waals surface area contributed by atoms with E-state index in [1.165, 1.54) is 11.1 Å². The van der Waals surface area contributed by atoms with Crippen LogP contribution in [0.4, 0.5) is 10.1 Å². The molecule has 1 aliphatic heterocycles. The molecule has 0 saturated carbocycles. The number of nitrogens with one attached hydrogen (secondary N) is 1. The van der Waals surface area contributed by atoms with E-state index < -0.39 is 15.8 Å². The third-order valence-electron chi connectivity index (χ3n) is 2.53. The van der Waals surface area contributed by atoms with Crippen molar-refractivity contribution in [1.82, 2.24) is 9.84 Å². The van der Waals surface area contributed by atoms with Gasteiger partial charge in [-0.05, 0) is 18.2 Å². The Bertz CT molecular complexity index is 529. The predicted molar refractivity (Wildman–Crippen MR) is 63.5 cm³/mol. The Labute approximate surface area is 105 Å². The SMILES string of the molecule is Nc1ccc(F)cc1S(=O)(=O)NN1CCOCC1. The van der Waals surface area contributed by atoms with Crippen molar-refractivity contribution in [2.75, 3.05) is 32.0 Å². The fourth-order valence-electron chi connectivity index (χ4n) is 1.61. The van der Waals surface area contributed by atoms with Gasteiger partial charge in [0.15, 0.2) is 0 Å². The molecule has 100 valence electrons. The lowest BCUT2D eigenvalue weighted by Gasteiger charge is -2.26. The number of morpholine rings is 1. The minimum absolute atomic E-state index is 0.0113. The second-order valence-electron chi connectivity index (χ2n) is 3.88. The molecule has 3 N–H and O–H groups in total. The van der Waals surface area contributed by atoms with Crippen LogP contribution in [0.15, 0.2) is 23.1 Å². The van der Waals surface area contributed by atoms with Crippen LogP contribution in [0.5, 0.6) is 0 Å². The molecule has 0 amide bonds. The summed E-state index contributed by atoms with van der Waals surface area (Å²) in [6, 6.07) is 3.24. The summed E-state index contributed by atoms with van der Waals surface area (Å²) in [7, 11) is -3.86. The summed E-state index contributed by atoms with van der Waals surface area (Å²) < 4.78 is 42.2. The van der Waals surface area contributed by atoms with Gasteiger partial charge in [0.2, 0.25) is 0 Å². The molecule has 1 saturated heterocycles. The summed E-state index contributed by atoms with van der Waals surface area (Å²) in [5.41, 5.74) is 5.56. The first-order valence-corrected chi connectivity index (χ1v) is 6.87. The molecule has 2 rings (SSSR count). The number of nitrogens with zero attached hydrogens (tertiary/aromatic N) is 1. The van der Waals surface area contributed by atoms with E-state index in [0.29, 0.717) is 26.3 Å². The minimum atomic E-state index is -3.86. The summed E-state index contributed by atoms with van der Waals surface area (Å²) in [6.45, 7) is 1.77. The average Bonchev–Trinajstić information content (AvgIpc) is 2.33. The van der Waals surface area contributed by atoms with E-state index in [4.69, 9.17) is 10.5 Å². The topological polar surface area (TPSA) is 84.7 Å². The number of sulfonamides is 1. The zero-order chi connectivity index (χ0) is 13.2. The van der Waals surface area contributed by atoms with Crippen LogP contribution in [-0.4, -0.2) is 39.7 Å². The Hall–Kier alpha value is -1.22. The molecule has 1 fully saturated rings. The van der Waals surface area contributed by atoms with Gasteiger partial charge in [0.25, 0.3) is 10.0 Å². The molecular formula is C10H14FN3O3S. The second kappa shape index (κ2) is 5.19. The third kappa shape index (κ3) is 2.96. The van der Waals surface area contributed by atoms with Crippen molar-refractivity contribution >= 4 is 15.7 Å². The van der Waals surface area contributed by atoms with Crippen LogP contribution in [-0.2, 0) is 14.8 Å². The molecule has 0 radical (unpaired) electrons. The summed E-state index contributed by atoms with van der Waals surface area (Å²) in [4.78, 5) is 2.10. The van der Waals surface area contributed by atoms with E-state index in [0.717, 1.165) is 12.1 Å². The summed E-state index contributed by atoms with van der Waals surface area (Å²) >= 11 is 0. The maximum Gasteiger partial charge on any atom is 0.255 e. The molecule has 1 aromatic carbocycles. The van der Waals surface area contributed by atoms with Gasteiger partial charge in [-0.3, -0.25) is 0 Å². The summed E-state index contributed by atoms with van der Waals surface area (Å²) in [5.74, 6) is -0.647. The number of halogens is 1. The zero-order valence-electron chi connectivity index (χ0n) is 9.60. The van der Waals surface area contributed by atoms with E-state index >= 15 is 0 Å². The van der Waals surface area contributed by atoms with Crippen molar-refractivity contribution in [3.8, 4) is 0 Å². The Morgan fingerprint density at radius 3 is 2.67 bits per heavy atom. The Morgan fingerprint density at radius 2 is 2.00 bits per heavy atom. The summed E-state index contributed by atoms with van der Waals surface area (Å²) in [5, 5.41) is 1.50. The highest BCUT2D eigenvalue weighted by atomic mass is 32.2. The highest BCUT2D eigenvalue weighted by molar-refractivity contribution is 7.89. The number of anilines is 1. The van der Waals surface area contributed by atoms with Crippen LogP contribution in [0.2, 0.25) is 0 Å². The molecule has 0 spiro atoms. The van der Waals surface area contributed by atoms with Gasteiger partial charge in [-0.25, -0.2) is 17.8 Å². The van der Waals surface area contributed by atoms with Crippen LogP contribution in [0.3, 0.4) is 0 Å². The second-order valence-corrected chi connectivity index (χ2v) is 5.51. The van der Waals surface area contributed by atoms with Crippen LogP contribution in [0.25, 0.3) is 0 Å². The number of hydrogen-bond acceptors (Lipinski definition) is 5. The quantitative estimate of drug-likeness (QED) is 0.755. The normalized spacial score (nSPS) is 17.8. The molecule has 0 bridgehead atoms. The first kappa shape index (κ1) is 13.2. The van der Waals surface area contributed by atoms with Gasteiger partial charge in [0, 0.05) is 13.1 Å². The van der Waals surface area contributed by atoms with E-state index in [1.807, 2.05) is 0 Å². The number of nitrogen functional groups attached to an aromatic ring is 1. The molecule has 6 nitrogen and oxygen atoms in total. The number of ether oxygens (including phenoxy) is 1. The standard InChI is InChI=1S/C10H14FN3O3S/c11-8-1-2-9(12)10(7-8)18(15,16)13-14-3-5-17-6-4-14/h1-2,7,13H,3-6,12H2. The zero-order valence-corrected chi connectivity index (χ0v) is 10.4. The van der Waals surface area contributed by atoms with E-state index in [-0.39, 0.29) is 10.6 Å². The molecule has 1 aromatic rings. The van der Waals surface area contributed by atoms with Gasteiger partial charge in [0.1, 0.15) is 10.7 Å². The van der Waals surface area contributed by atoms with Crippen molar-refractivity contribution in [2.45, 2.75) is 4.90 Å². The van der Waals surface area contributed by atoms with Crippen LogP contribution in [0.1, 0.15) is 0 Å². The number of nitrogens with two attached hydrogens (primary N) is 1. The highest BCUT2D eigenvalue weighted by Gasteiger charge is 2.22. The van der Waals surface area contributed by atoms with E-state index in [9.17, 15) is 12.8 Å². The number of benzene rings is 1. The lowest BCUT2D eigenvalue weighted by Crippen LogP contribution is -2.48. The van der Waals surface area contributed by atoms with Crippen LogP contribution < -0.4 is 10.6 Å². The maximum absolute atomic E-state index is 13.1. The van der Waals surface area contributed by atoms with Crippen molar-refractivity contribution in [3.63, 3.8) is 0 Å². The Morgan fingerprint density at radius 1 is 1.33 bits per heavy atom. The Balaban J connectivity index is 2.21. The van der Waals surface area contributed by atoms with Gasteiger partial charge in [-0.1, -0.05) is 0 Å². The molecule has 1 heterocycles. The van der Waals surface area contributed by atoms with Crippen molar-refractivity contribution in [2.24, 2.45) is 0 Å². The lowest BCUT2D eigenvalue weighted by atomic mass is 10.3. The first-order chi connectivity index (χ1) is 8.49. The number of hydrogen-bond donors (Lipinski definition) is 2. The van der Waals surface area contributed by atoms with Crippen LogP contribution in [0, 0.1) is 5.82 Å². The lowest BCUT2D eigenvalue weighted by molar-refractivity contribution is 0.0272. The van der Waals surface area contributed by atoms with E-state index in [1.54, 1.807) is 0 Å². The number of rotatable bonds is 3. The van der Waals surface area contributed by atoms with Gasteiger partial charge in [-0.2, -0.15) is 0 Å². The molecular weight excluding hydrogens is 261 g/mol. The molecule has 0 aromatic heterocycles. The van der Waals surface area contributed by atoms with Crippen molar-refractivity contribution in [3.05, 3.63) is 24.0 Å². The molecule has 8 heteroatoms. The monoisotopic (exact) mass is 275 g/mol. The highest BCUT2D eigenvalue weighted by Crippen LogP contribution is 2.19. The number of hydrazine groups is 1. The van der Waals surface area contributed by atoms with Gasteiger partial charge in [0.05, 0.1) is 18.9 Å². The minimum Gasteiger partial charge on any atom is -0.398 e. The van der Waals surface area contributed by atoms with Crippen LogP contribution >= 0.6 is 0 Å². The van der Waals surface area contributed by atoms with Gasteiger partial charge in [-0.15, -0.1) is 4.83 Å². The van der Waals surface area contributed by atoms with E-state index in [2.05, 4.69) is 4.83 Å². The fraction of sp³-hybridized carbons (Fsp3) is 0.400. The first-order valence-electron chi connectivity index (χ1n) is 5.39. The molecule has 0 atom stereocenters. The average molecular weight is 275 g/mol. The van der Waals surface area contributed by atoms with Crippen molar-refractivity contribution in [1.29, 1.82) is 0 Å². The third-order valence-corrected chi connectivity index (χ3v) is 3.96. The largest absolute Gasteiger partial charge is 0.398 e. The molecule has 0 unspecified atom stereocenters. The smallest absolute Gasteiger partial charge is 0.255 e. The van der Waals surface area contributed by atoms with Gasteiger partial charge < -0.3 is 10.5 Å². The van der Waals surface area contributed by atoms with Crippen molar-refractivity contribution < 1.29 is 17.5 Å². The molecule has 18 heavy (non-hydrogen) atoms.